The zero-order valence-electron chi connectivity index (χ0n) is 7.84. The van der Waals surface area contributed by atoms with Crippen LogP contribution in [0.1, 0.15) is 18.5 Å². The normalized spacial score (nSPS) is 12.6. The van der Waals surface area contributed by atoms with Crippen LogP contribution in [0.3, 0.4) is 0 Å². The molecule has 1 aromatic heterocycles. The second-order valence-electron chi connectivity index (χ2n) is 2.84. The van der Waals surface area contributed by atoms with E-state index in [0.717, 1.165) is 11.6 Å². The fourth-order valence-electron chi connectivity index (χ4n) is 1.01. The minimum Gasteiger partial charge on any atom is -0.478 e. The molecule has 0 aromatic carbocycles. The van der Waals surface area contributed by atoms with Crippen LogP contribution in [0.2, 0.25) is 0 Å². The summed E-state index contributed by atoms with van der Waals surface area (Å²) in [5, 5.41) is 11.3. The van der Waals surface area contributed by atoms with E-state index in [1.54, 1.807) is 12.4 Å². The molecule has 1 rings (SSSR count). The number of pyridine rings is 1. The minimum absolute atomic E-state index is 0.0774. The van der Waals surface area contributed by atoms with E-state index in [1.165, 1.54) is 6.20 Å². The monoisotopic (exact) mass is 192 g/mol. The summed E-state index contributed by atoms with van der Waals surface area (Å²) in [6.45, 7) is 1.95. The molecule has 0 saturated heterocycles. The molecular formula is C10H12N2O2. The van der Waals surface area contributed by atoms with Gasteiger partial charge in [-0.1, -0.05) is 0 Å². The van der Waals surface area contributed by atoms with Crippen LogP contribution in [0.5, 0.6) is 0 Å². The molecule has 0 unspecified atom stereocenters. The maximum absolute atomic E-state index is 10.2. The SMILES string of the molecule is C[C@H](N/C=C/C(=O)O)c1ccncc1. The van der Waals surface area contributed by atoms with Crippen LogP contribution in [0.15, 0.2) is 36.8 Å². The number of aliphatic carboxylic acids is 1. The molecule has 1 atom stereocenters. The van der Waals surface area contributed by atoms with Crippen molar-refractivity contribution in [3.05, 3.63) is 42.4 Å². The number of carboxylic acid groups (broad SMARTS) is 1. The van der Waals surface area contributed by atoms with Gasteiger partial charge in [-0.05, 0) is 24.6 Å². The van der Waals surface area contributed by atoms with Crippen molar-refractivity contribution in [1.82, 2.24) is 10.3 Å². The van der Waals surface area contributed by atoms with Crippen LogP contribution < -0.4 is 5.32 Å². The zero-order chi connectivity index (χ0) is 10.4. The molecule has 1 aromatic rings. The lowest BCUT2D eigenvalue weighted by atomic mass is 10.1. The Morgan fingerprint density at radius 1 is 1.57 bits per heavy atom. The first-order valence-corrected chi connectivity index (χ1v) is 4.25. The zero-order valence-corrected chi connectivity index (χ0v) is 7.84. The Morgan fingerprint density at radius 2 is 2.21 bits per heavy atom. The first kappa shape index (κ1) is 10.2. The summed E-state index contributed by atoms with van der Waals surface area (Å²) in [4.78, 5) is 14.1. The van der Waals surface area contributed by atoms with Gasteiger partial charge in [0.15, 0.2) is 0 Å². The Bertz CT molecular complexity index is 322. The third-order valence-corrected chi connectivity index (χ3v) is 1.78. The van der Waals surface area contributed by atoms with Gasteiger partial charge in [-0.25, -0.2) is 4.79 Å². The van der Waals surface area contributed by atoms with Crippen molar-refractivity contribution in [1.29, 1.82) is 0 Å². The van der Waals surface area contributed by atoms with E-state index in [1.807, 2.05) is 19.1 Å². The van der Waals surface area contributed by atoms with Crippen molar-refractivity contribution in [2.24, 2.45) is 0 Å². The summed E-state index contributed by atoms with van der Waals surface area (Å²) >= 11 is 0. The van der Waals surface area contributed by atoms with E-state index >= 15 is 0 Å². The molecule has 0 saturated carbocycles. The van der Waals surface area contributed by atoms with Gasteiger partial charge in [0.2, 0.25) is 0 Å². The van der Waals surface area contributed by atoms with E-state index in [2.05, 4.69) is 10.3 Å². The standard InChI is InChI=1S/C10H12N2O2/c1-8(12-7-4-10(13)14)9-2-5-11-6-3-9/h2-8,12H,1H3,(H,13,14)/b7-4+/t8-/m0/s1. The highest BCUT2D eigenvalue weighted by atomic mass is 16.4. The van der Waals surface area contributed by atoms with Crippen LogP contribution in [0.25, 0.3) is 0 Å². The fourth-order valence-corrected chi connectivity index (χ4v) is 1.01. The summed E-state index contributed by atoms with van der Waals surface area (Å²) in [6.07, 6.45) is 5.90. The third kappa shape index (κ3) is 3.26. The number of carboxylic acids is 1. The van der Waals surface area contributed by atoms with E-state index < -0.39 is 5.97 Å². The van der Waals surface area contributed by atoms with Gasteiger partial charge in [0.05, 0.1) is 0 Å². The number of nitrogens with zero attached hydrogens (tertiary/aromatic N) is 1. The molecule has 14 heavy (non-hydrogen) atoms. The van der Waals surface area contributed by atoms with Gasteiger partial charge in [-0.3, -0.25) is 4.98 Å². The minimum atomic E-state index is -0.959. The summed E-state index contributed by atoms with van der Waals surface area (Å²) in [7, 11) is 0. The molecule has 0 aliphatic heterocycles. The molecule has 0 aliphatic carbocycles. The van der Waals surface area contributed by atoms with Crippen LogP contribution in [-0.2, 0) is 4.79 Å². The van der Waals surface area contributed by atoms with Crippen molar-refractivity contribution in [3.63, 3.8) is 0 Å². The quantitative estimate of drug-likeness (QED) is 0.706. The largest absolute Gasteiger partial charge is 0.478 e. The van der Waals surface area contributed by atoms with Gasteiger partial charge < -0.3 is 10.4 Å². The number of rotatable bonds is 4. The van der Waals surface area contributed by atoms with Crippen molar-refractivity contribution in [2.75, 3.05) is 0 Å². The number of hydrogen-bond acceptors (Lipinski definition) is 3. The van der Waals surface area contributed by atoms with Crippen LogP contribution >= 0.6 is 0 Å². The second-order valence-corrected chi connectivity index (χ2v) is 2.84. The smallest absolute Gasteiger partial charge is 0.329 e. The Balaban J connectivity index is 2.51. The summed E-state index contributed by atoms with van der Waals surface area (Å²) in [6, 6.07) is 3.84. The summed E-state index contributed by atoms with van der Waals surface area (Å²) in [5.74, 6) is -0.959. The first-order valence-electron chi connectivity index (χ1n) is 4.25. The Labute approximate surface area is 82.3 Å². The summed E-state index contributed by atoms with van der Waals surface area (Å²) < 4.78 is 0. The lowest BCUT2D eigenvalue weighted by molar-refractivity contribution is -0.131. The molecule has 4 heteroatoms. The predicted molar refractivity (Wildman–Crippen MR) is 52.6 cm³/mol. The molecular weight excluding hydrogens is 180 g/mol. The Hall–Kier alpha value is -1.84. The van der Waals surface area contributed by atoms with Gasteiger partial charge in [0.1, 0.15) is 0 Å². The maximum atomic E-state index is 10.2. The topological polar surface area (TPSA) is 62.2 Å². The highest BCUT2D eigenvalue weighted by Crippen LogP contribution is 2.09. The van der Waals surface area contributed by atoms with E-state index in [4.69, 9.17) is 5.11 Å². The third-order valence-electron chi connectivity index (χ3n) is 1.78. The molecule has 0 spiro atoms. The van der Waals surface area contributed by atoms with Gasteiger partial charge in [0, 0.05) is 30.7 Å². The maximum Gasteiger partial charge on any atom is 0.329 e. The lowest BCUT2D eigenvalue weighted by Crippen LogP contribution is -2.12. The molecule has 0 aliphatic rings. The highest BCUT2D eigenvalue weighted by Gasteiger charge is 2.00. The second kappa shape index (κ2) is 5.01. The number of aromatic nitrogens is 1. The van der Waals surface area contributed by atoms with Gasteiger partial charge in [0.25, 0.3) is 0 Å². The molecule has 2 N–H and O–H groups in total. The van der Waals surface area contributed by atoms with E-state index in [-0.39, 0.29) is 6.04 Å². The van der Waals surface area contributed by atoms with Crippen molar-refractivity contribution < 1.29 is 9.90 Å². The number of carbonyl (C=O) groups is 1. The molecule has 1 heterocycles. The van der Waals surface area contributed by atoms with Crippen molar-refractivity contribution >= 4 is 5.97 Å². The molecule has 74 valence electrons. The molecule has 0 bridgehead atoms. The number of nitrogens with one attached hydrogen (secondary N) is 1. The van der Waals surface area contributed by atoms with E-state index in [0.29, 0.717) is 0 Å². The Kier molecular flexibility index (Phi) is 3.67. The van der Waals surface area contributed by atoms with Crippen LogP contribution in [0, 0.1) is 0 Å². The predicted octanol–water partition coefficient (Wildman–Crippen LogP) is 1.33. The molecule has 0 amide bonds. The summed E-state index contributed by atoms with van der Waals surface area (Å²) in [5.41, 5.74) is 1.06. The average molecular weight is 192 g/mol. The van der Waals surface area contributed by atoms with Crippen LogP contribution in [0.4, 0.5) is 0 Å². The first-order chi connectivity index (χ1) is 6.70. The highest BCUT2D eigenvalue weighted by molar-refractivity contribution is 5.79. The van der Waals surface area contributed by atoms with Gasteiger partial charge >= 0.3 is 5.97 Å². The number of hydrogen-bond donors (Lipinski definition) is 2. The van der Waals surface area contributed by atoms with Gasteiger partial charge in [-0.15, -0.1) is 0 Å². The Morgan fingerprint density at radius 3 is 2.79 bits per heavy atom. The lowest BCUT2D eigenvalue weighted by Gasteiger charge is -2.10. The molecule has 4 nitrogen and oxygen atoms in total. The van der Waals surface area contributed by atoms with E-state index in [9.17, 15) is 4.79 Å². The van der Waals surface area contributed by atoms with Crippen LogP contribution in [-0.4, -0.2) is 16.1 Å². The van der Waals surface area contributed by atoms with Crippen molar-refractivity contribution in [3.8, 4) is 0 Å². The molecule has 0 fully saturated rings. The molecule has 0 radical (unpaired) electrons. The van der Waals surface area contributed by atoms with Gasteiger partial charge in [-0.2, -0.15) is 0 Å². The fraction of sp³-hybridized carbons (Fsp3) is 0.200. The van der Waals surface area contributed by atoms with Crippen molar-refractivity contribution in [2.45, 2.75) is 13.0 Å². The average Bonchev–Trinajstić information content (AvgIpc) is 2.18.